The zero-order valence-electron chi connectivity index (χ0n) is 11.3. The molecular formula is C11H15N3O6S. The van der Waals surface area contributed by atoms with Crippen LogP contribution in [-0.4, -0.2) is 47.9 Å². The average Bonchev–Trinajstić information content (AvgIpc) is 3.19. The van der Waals surface area contributed by atoms with Crippen LogP contribution in [0.4, 0.5) is 0 Å². The predicted octanol–water partition coefficient (Wildman–Crippen LogP) is -1.22. The normalized spacial score (nSPS) is 15.1. The summed E-state index contributed by atoms with van der Waals surface area (Å²) in [7, 11) is -4.18. The van der Waals surface area contributed by atoms with Crippen molar-refractivity contribution in [1.82, 2.24) is 14.3 Å². The number of hydrogen-bond donors (Lipinski definition) is 2. The molecule has 9 nitrogen and oxygen atoms in total. The van der Waals surface area contributed by atoms with Gasteiger partial charge in [0, 0.05) is 12.2 Å². The molecule has 1 fully saturated rings. The number of nitrogens with zero attached hydrogens (tertiary/aromatic N) is 1. The van der Waals surface area contributed by atoms with Crippen molar-refractivity contribution in [3.05, 3.63) is 27.0 Å². The molecule has 1 aromatic heterocycles. The third-order valence-corrected chi connectivity index (χ3v) is 4.82. The zero-order chi connectivity index (χ0) is 15.6. The quantitative estimate of drug-likeness (QED) is 0.633. The molecule has 10 heteroatoms. The minimum Gasteiger partial charge on any atom is -0.465 e. The fraction of sp³-hybridized carbons (Fsp3) is 0.545. The van der Waals surface area contributed by atoms with E-state index < -0.39 is 38.7 Å². The third-order valence-electron chi connectivity index (χ3n) is 2.92. The Bertz CT molecular complexity index is 746. The number of hydrogen-bond acceptors (Lipinski definition) is 6. The van der Waals surface area contributed by atoms with Crippen LogP contribution in [0.5, 0.6) is 0 Å². The summed E-state index contributed by atoms with van der Waals surface area (Å²) < 4.78 is 30.6. The maximum atomic E-state index is 12.5. The first-order valence-corrected chi connectivity index (χ1v) is 7.79. The highest BCUT2D eigenvalue weighted by Gasteiger charge is 2.40. The van der Waals surface area contributed by atoms with Crippen molar-refractivity contribution in [3.8, 4) is 0 Å². The number of sulfonamides is 1. The minimum atomic E-state index is -4.18. The van der Waals surface area contributed by atoms with E-state index in [2.05, 4.69) is 4.98 Å². The number of aromatic nitrogens is 2. The van der Waals surface area contributed by atoms with Crippen LogP contribution in [0.3, 0.4) is 0 Å². The summed E-state index contributed by atoms with van der Waals surface area (Å²) in [5.41, 5.74) is -1.82. The molecule has 1 saturated carbocycles. The van der Waals surface area contributed by atoms with Gasteiger partial charge >= 0.3 is 11.7 Å². The van der Waals surface area contributed by atoms with Crippen LogP contribution >= 0.6 is 0 Å². The lowest BCUT2D eigenvalue weighted by atomic mass is 10.6. The van der Waals surface area contributed by atoms with Crippen LogP contribution in [0.2, 0.25) is 0 Å². The lowest BCUT2D eigenvalue weighted by Crippen LogP contribution is -2.41. The van der Waals surface area contributed by atoms with Crippen LogP contribution in [0, 0.1) is 0 Å². The lowest BCUT2D eigenvalue weighted by molar-refractivity contribution is -0.143. The molecule has 0 saturated heterocycles. The predicted molar refractivity (Wildman–Crippen MR) is 71.2 cm³/mol. The maximum Gasteiger partial charge on any atom is 0.325 e. The molecule has 1 aliphatic rings. The first-order chi connectivity index (χ1) is 9.86. The highest BCUT2D eigenvalue weighted by Crippen LogP contribution is 2.30. The molecule has 0 aromatic carbocycles. The van der Waals surface area contributed by atoms with E-state index in [9.17, 15) is 22.8 Å². The SMILES string of the molecule is CCOC(=O)CN(C1CC1)S(=O)(=O)c1c[nH]c(=O)[nH]c1=O. The van der Waals surface area contributed by atoms with E-state index in [1.54, 1.807) is 6.92 Å². The zero-order valence-corrected chi connectivity index (χ0v) is 12.1. The molecular weight excluding hydrogens is 302 g/mol. The Labute approximate surface area is 120 Å². The number of rotatable bonds is 6. The number of ether oxygens (including phenoxy) is 1. The van der Waals surface area contributed by atoms with Crippen LogP contribution < -0.4 is 11.2 Å². The van der Waals surface area contributed by atoms with Gasteiger partial charge in [-0.05, 0) is 19.8 Å². The van der Waals surface area contributed by atoms with Crippen molar-refractivity contribution >= 4 is 16.0 Å². The number of H-pyrrole nitrogens is 2. The Hall–Kier alpha value is -1.94. The Morgan fingerprint density at radius 2 is 2.10 bits per heavy atom. The molecule has 0 amide bonds. The van der Waals surface area contributed by atoms with Gasteiger partial charge in [-0.25, -0.2) is 13.2 Å². The van der Waals surface area contributed by atoms with Gasteiger partial charge in [-0.2, -0.15) is 4.31 Å². The number of carbonyl (C=O) groups excluding carboxylic acids is 1. The van der Waals surface area contributed by atoms with Crippen LogP contribution in [0.25, 0.3) is 0 Å². The molecule has 0 radical (unpaired) electrons. The van der Waals surface area contributed by atoms with Gasteiger partial charge < -0.3 is 9.72 Å². The van der Waals surface area contributed by atoms with E-state index in [1.807, 2.05) is 4.98 Å². The van der Waals surface area contributed by atoms with Crippen LogP contribution in [0.1, 0.15) is 19.8 Å². The van der Waals surface area contributed by atoms with Gasteiger partial charge in [0.2, 0.25) is 0 Å². The fourth-order valence-corrected chi connectivity index (χ4v) is 3.45. The summed E-state index contributed by atoms with van der Waals surface area (Å²) in [5, 5.41) is 0. The van der Waals surface area contributed by atoms with Gasteiger partial charge in [0.05, 0.1) is 6.61 Å². The Kier molecular flexibility index (Phi) is 4.28. The summed E-state index contributed by atoms with van der Waals surface area (Å²) in [6.07, 6.45) is 2.05. The second-order valence-corrected chi connectivity index (χ2v) is 6.38. The first kappa shape index (κ1) is 15.4. The van der Waals surface area contributed by atoms with E-state index in [1.165, 1.54) is 0 Å². The molecule has 0 bridgehead atoms. The summed E-state index contributed by atoms with van der Waals surface area (Å²) in [4.78, 5) is 37.5. The van der Waals surface area contributed by atoms with Gasteiger partial charge in [-0.3, -0.25) is 14.6 Å². The van der Waals surface area contributed by atoms with Gasteiger partial charge in [-0.15, -0.1) is 0 Å². The molecule has 0 atom stereocenters. The molecule has 0 unspecified atom stereocenters. The van der Waals surface area contributed by atoms with E-state index in [4.69, 9.17) is 4.74 Å². The van der Waals surface area contributed by atoms with Gasteiger partial charge in [0.1, 0.15) is 6.54 Å². The van der Waals surface area contributed by atoms with Crippen molar-refractivity contribution in [2.45, 2.75) is 30.7 Å². The number of carbonyl (C=O) groups is 1. The number of nitrogens with one attached hydrogen (secondary N) is 2. The van der Waals surface area contributed by atoms with Gasteiger partial charge in [-0.1, -0.05) is 0 Å². The van der Waals surface area contributed by atoms with Crippen molar-refractivity contribution in [2.24, 2.45) is 0 Å². The lowest BCUT2D eigenvalue weighted by Gasteiger charge is -2.20. The summed E-state index contributed by atoms with van der Waals surface area (Å²) in [5.74, 6) is -0.686. The van der Waals surface area contributed by atoms with Crippen molar-refractivity contribution in [3.63, 3.8) is 0 Å². The van der Waals surface area contributed by atoms with Crippen molar-refractivity contribution in [2.75, 3.05) is 13.2 Å². The molecule has 0 aliphatic heterocycles. The summed E-state index contributed by atoms with van der Waals surface area (Å²) in [6, 6.07) is -0.328. The molecule has 116 valence electrons. The smallest absolute Gasteiger partial charge is 0.325 e. The van der Waals surface area contributed by atoms with E-state index in [-0.39, 0.29) is 12.6 Å². The first-order valence-electron chi connectivity index (χ1n) is 6.35. The highest BCUT2D eigenvalue weighted by molar-refractivity contribution is 7.89. The second-order valence-electron chi connectivity index (χ2n) is 4.52. The highest BCUT2D eigenvalue weighted by atomic mass is 32.2. The molecule has 2 N–H and O–H groups in total. The second kappa shape index (κ2) is 5.82. The van der Waals surface area contributed by atoms with Crippen molar-refractivity contribution in [1.29, 1.82) is 0 Å². The summed E-state index contributed by atoms with van der Waals surface area (Å²) >= 11 is 0. The standard InChI is InChI=1S/C11H15N3O6S/c1-2-20-9(15)6-14(7-3-4-7)21(18,19)8-5-12-11(17)13-10(8)16/h5,7H,2-4,6H2,1H3,(H2,12,13,16,17). The minimum absolute atomic E-state index is 0.136. The molecule has 1 aromatic rings. The fourth-order valence-electron chi connectivity index (χ4n) is 1.82. The largest absolute Gasteiger partial charge is 0.465 e. The average molecular weight is 317 g/mol. The van der Waals surface area contributed by atoms with E-state index >= 15 is 0 Å². The maximum absolute atomic E-state index is 12.5. The molecule has 21 heavy (non-hydrogen) atoms. The van der Waals surface area contributed by atoms with E-state index in [0.717, 1.165) is 10.5 Å². The van der Waals surface area contributed by atoms with Crippen LogP contribution in [-0.2, 0) is 19.6 Å². The Morgan fingerprint density at radius 3 is 2.62 bits per heavy atom. The molecule has 1 aliphatic carbocycles. The Morgan fingerprint density at radius 1 is 1.43 bits per heavy atom. The van der Waals surface area contributed by atoms with Crippen LogP contribution in [0.15, 0.2) is 20.7 Å². The van der Waals surface area contributed by atoms with Gasteiger partial charge in [0.25, 0.3) is 15.6 Å². The monoisotopic (exact) mass is 317 g/mol. The molecule has 1 heterocycles. The summed E-state index contributed by atoms with van der Waals surface area (Å²) in [6.45, 7) is 1.29. The molecule has 0 spiro atoms. The number of aromatic amines is 2. The third kappa shape index (κ3) is 3.39. The van der Waals surface area contributed by atoms with Crippen molar-refractivity contribution < 1.29 is 17.9 Å². The topological polar surface area (TPSA) is 129 Å². The number of esters is 1. The Balaban J connectivity index is 2.36. The van der Waals surface area contributed by atoms with Gasteiger partial charge in [0.15, 0.2) is 4.90 Å². The van der Waals surface area contributed by atoms with E-state index in [0.29, 0.717) is 12.8 Å². The molecule has 2 rings (SSSR count).